The Bertz CT molecular complexity index is 282. The van der Waals surface area contributed by atoms with Crippen LogP contribution in [0.5, 0.6) is 0 Å². The molecule has 14 heavy (non-hydrogen) atoms. The molecule has 0 spiro atoms. The Kier molecular flexibility index (Phi) is 4.63. The lowest BCUT2D eigenvalue weighted by Gasteiger charge is -2.09. The molecule has 1 rings (SSSR count). The second kappa shape index (κ2) is 5.78. The van der Waals surface area contributed by atoms with Crippen molar-refractivity contribution in [2.24, 2.45) is 11.5 Å². The Morgan fingerprint density at radius 3 is 2.29 bits per heavy atom. The molecule has 78 valence electrons. The summed E-state index contributed by atoms with van der Waals surface area (Å²) in [5.74, 6) is 0. The molecule has 0 aliphatic rings. The van der Waals surface area contributed by atoms with Crippen LogP contribution in [0, 0.1) is 0 Å². The average Bonchev–Trinajstić information content (AvgIpc) is 2.21. The minimum Gasteiger partial charge on any atom is -0.330 e. The Hall–Kier alpha value is -0.860. The molecule has 0 fully saturated rings. The van der Waals surface area contributed by atoms with E-state index in [4.69, 9.17) is 11.5 Å². The summed E-state index contributed by atoms with van der Waals surface area (Å²) in [6.07, 6.45) is 3.02. The minimum atomic E-state index is 0.722. The van der Waals surface area contributed by atoms with Crippen molar-refractivity contribution in [3.63, 3.8) is 0 Å². The van der Waals surface area contributed by atoms with Crippen LogP contribution in [-0.4, -0.2) is 13.1 Å². The van der Waals surface area contributed by atoms with E-state index < -0.39 is 0 Å². The number of benzene rings is 1. The molecular formula is C12H20N2. The fourth-order valence-electron chi connectivity index (χ4n) is 1.73. The summed E-state index contributed by atoms with van der Waals surface area (Å²) in [6, 6.07) is 6.62. The number of rotatable bonds is 5. The molecule has 0 aliphatic heterocycles. The van der Waals surface area contributed by atoms with Gasteiger partial charge in [0.25, 0.3) is 0 Å². The summed E-state index contributed by atoms with van der Waals surface area (Å²) in [5.41, 5.74) is 15.2. The summed E-state index contributed by atoms with van der Waals surface area (Å²) in [4.78, 5) is 0. The standard InChI is InChI=1S/C12H20N2/c1-2-11-9-10(5-7-13)3-4-12(11)6-8-14/h3-4,9H,2,5-8,13-14H2,1H3. The first kappa shape index (κ1) is 11.2. The predicted octanol–water partition coefficient (Wildman–Crippen LogP) is 1.25. The molecular weight excluding hydrogens is 172 g/mol. The van der Waals surface area contributed by atoms with E-state index in [1.807, 2.05) is 0 Å². The SMILES string of the molecule is CCc1cc(CCN)ccc1CCN. The number of aryl methyl sites for hydroxylation is 1. The largest absolute Gasteiger partial charge is 0.330 e. The van der Waals surface area contributed by atoms with Crippen LogP contribution in [0.15, 0.2) is 18.2 Å². The van der Waals surface area contributed by atoms with Gasteiger partial charge in [0.2, 0.25) is 0 Å². The van der Waals surface area contributed by atoms with E-state index in [1.54, 1.807) is 0 Å². The number of hydrogen-bond acceptors (Lipinski definition) is 2. The summed E-state index contributed by atoms with van der Waals surface area (Å²) in [6.45, 7) is 3.63. The van der Waals surface area contributed by atoms with Crippen LogP contribution in [0.3, 0.4) is 0 Å². The fourth-order valence-corrected chi connectivity index (χ4v) is 1.73. The second-order valence-corrected chi connectivity index (χ2v) is 3.53. The summed E-state index contributed by atoms with van der Waals surface area (Å²) in [5, 5.41) is 0. The molecule has 1 aromatic rings. The number of hydrogen-bond donors (Lipinski definition) is 2. The molecule has 2 heteroatoms. The van der Waals surface area contributed by atoms with E-state index in [-0.39, 0.29) is 0 Å². The molecule has 0 atom stereocenters. The third-order valence-corrected chi connectivity index (χ3v) is 2.50. The highest BCUT2D eigenvalue weighted by Crippen LogP contribution is 2.13. The van der Waals surface area contributed by atoms with Crippen LogP contribution in [-0.2, 0) is 19.3 Å². The first-order valence-corrected chi connectivity index (χ1v) is 5.32. The van der Waals surface area contributed by atoms with Gasteiger partial charge in [-0.3, -0.25) is 0 Å². The van der Waals surface area contributed by atoms with Crippen molar-refractivity contribution in [2.75, 3.05) is 13.1 Å². The molecule has 0 radical (unpaired) electrons. The quantitative estimate of drug-likeness (QED) is 0.737. The molecule has 0 heterocycles. The van der Waals surface area contributed by atoms with Crippen molar-refractivity contribution in [1.82, 2.24) is 0 Å². The van der Waals surface area contributed by atoms with Crippen LogP contribution < -0.4 is 11.5 Å². The van der Waals surface area contributed by atoms with E-state index >= 15 is 0 Å². The van der Waals surface area contributed by atoms with Crippen molar-refractivity contribution < 1.29 is 0 Å². The Labute approximate surface area is 86.3 Å². The molecule has 2 nitrogen and oxygen atoms in total. The second-order valence-electron chi connectivity index (χ2n) is 3.53. The molecule has 0 amide bonds. The van der Waals surface area contributed by atoms with E-state index in [0.717, 1.165) is 32.4 Å². The van der Waals surface area contributed by atoms with Gasteiger partial charge in [0.15, 0.2) is 0 Å². The topological polar surface area (TPSA) is 52.0 Å². The lowest BCUT2D eigenvalue weighted by Crippen LogP contribution is -2.07. The maximum Gasteiger partial charge on any atom is -0.00366 e. The monoisotopic (exact) mass is 192 g/mol. The average molecular weight is 192 g/mol. The van der Waals surface area contributed by atoms with Crippen LogP contribution in [0.1, 0.15) is 23.6 Å². The van der Waals surface area contributed by atoms with Gasteiger partial charge in [-0.1, -0.05) is 25.1 Å². The van der Waals surface area contributed by atoms with Crippen LogP contribution >= 0.6 is 0 Å². The maximum atomic E-state index is 5.56. The summed E-state index contributed by atoms with van der Waals surface area (Å²) < 4.78 is 0. The van der Waals surface area contributed by atoms with Gasteiger partial charge in [-0.25, -0.2) is 0 Å². The van der Waals surface area contributed by atoms with Crippen LogP contribution in [0.2, 0.25) is 0 Å². The highest BCUT2D eigenvalue weighted by Gasteiger charge is 2.01. The maximum absolute atomic E-state index is 5.56. The summed E-state index contributed by atoms with van der Waals surface area (Å²) >= 11 is 0. The Morgan fingerprint density at radius 1 is 1.00 bits per heavy atom. The van der Waals surface area contributed by atoms with Gasteiger partial charge < -0.3 is 11.5 Å². The van der Waals surface area contributed by atoms with Crippen LogP contribution in [0.4, 0.5) is 0 Å². The highest BCUT2D eigenvalue weighted by atomic mass is 14.5. The van der Waals surface area contributed by atoms with Gasteiger partial charge in [0.05, 0.1) is 0 Å². The first-order valence-electron chi connectivity index (χ1n) is 5.32. The van der Waals surface area contributed by atoms with Gasteiger partial charge in [-0.05, 0) is 49.0 Å². The van der Waals surface area contributed by atoms with Gasteiger partial charge >= 0.3 is 0 Å². The highest BCUT2D eigenvalue weighted by molar-refractivity contribution is 5.32. The Balaban J connectivity index is 2.87. The van der Waals surface area contributed by atoms with Gasteiger partial charge in [-0.15, -0.1) is 0 Å². The predicted molar refractivity (Wildman–Crippen MR) is 61.3 cm³/mol. The zero-order valence-electron chi connectivity index (χ0n) is 8.92. The Morgan fingerprint density at radius 2 is 1.71 bits per heavy atom. The molecule has 0 saturated carbocycles. The molecule has 0 aromatic heterocycles. The van der Waals surface area contributed by atoms with E-state index in [9.17, 15) is 0 Å². The third kappa shape index (κ3) is 2.82. The third-order valence-electron chi connectivity index (χ3n) is 2.50. The van der Waals surface area contributed by atoms with Gasteiger partial charge in [0, 0.05) is 0 Å². The van der Waals surface area contributed by atoms with Crippen LogP contribution in [0.25, 0.3) is 0 Å². The molecule has 0 bridgehead atoms. The van der Waals surface area contributed by atoms with E-state index in [2.05, 4.69) is 25.1 Å². The van der Waals surface area contributed by atoms with Crippen molar-refractivity contribution in [1.29, 1.82) is 0 Å². The fraction of sp³-hybridized carbons (Fsp3) is 0.500. The van der Waals surface area contributed by atoms with Crippen molar-refractivity contribution in [2.45, 2.75) is 26.2 Å². The summed E-state index contributed by atoms with van der Waals surface area (Å²) in [7, 11) is 0. The van der Waals surface area contributed by atoms with Crippen molar-refractivity contribution >= 4 is 0 Å². The zero-order valence-corrected chi connectivity index (χ0v) is 8.92. The van der Waals surface area contributed by atoms with E-state index in [0.29, 0.717) is 0 Å². The molecule has 0 aliphatic carbocycles. The smallest absolute Gasteiger partial charge is 0.00366 e. The van der Waals surface area contributed by atoms with E-state index in [1.165, 1.54) is 16.7 Å². The van der Waals surface area contributed by atoms with Gasteiger partial charge in [-0.2, -0.15) is 0 Å². The molecule has 0 unspecified atom stereocenters. The lowest BCUT2D eigenvalue weighted by atomic mass is 9.98. The normalized spacial score (nSPS) is 10.5. The molecule has 4 N–H and O–H groups in total. The van der Waals surface area contributed by atoms with Gasteiger partial charge in [0.1, 0.15) is 0 Å². The molecule has 1 aromatic carbocycles. The lowest BCUT2D eigenvalue weighted by molar-refractivity contribution is 0.921. The zero-order chi connectivity index (χ0) is 10.4. The minimum absolute atomic E-state index is 0.722. The van der Waals surface area contributed by atoms with Crippen molar-refractivity contribution in [3.05, 3.63) is 34.9 Å². The molecule has 0 saturated heterocycles. The number of nitrogens with two attached hydrogens (primary N) is 2. The first-order chi connectivity index (χ1) is 6.81. The van der Waals surface area contributed by atoms with Crippen molar-refractivity contribution in [3.8, 4) is 0 Å².